The van der Waals surface area contributed by atoms with Gasteiger partial charge in [-0.15, -0.1) is 0 Å². The predicted octanol–water partition coefficient (Wildman–Crippen LogP) is 2.30. The largest absolute Gasteiger partial charge is 0.366 e. The number of hydrogen-bond donors (Lipinski definition) is 1. The molecule has 96 valence electrons. The van der Waals surface area contributed by atoms with Crippen molar-refractivity contribution in [3.8, 4) is 0 Å². The molecule has 1 atom stereocenters. The number of anilines is 1. The minimum Gasteiger partial charge on any atom is -0.366 e. The average Bonchev–Trinajstić information content (AvgIpc) is 2.82. The van der Waals surface area contributed by atoms with Gasteiger partial charge in [0.25, 0.3) is 0 Å². The first kappa shape index (κ1) is 12.5. The van der Waals surface area contributed by atoms with E-state index in [1.807, 2.05) is 23.2 Å². The second-order valence-electron chi connectivity index (χ2n) is 4.79. The topological polar surface area (TPSA) is 55.6 Å². The van der Waals surface area contributed by atoms with Crippen LogP contribution >= 0.6 is 0 Å². The van der Waals surface area contributed by atoms with Crippen molar-refractivity contribution in [1.29, 1.82) is 0 Å². The van der Waals surface area contributed by atoms with Crippen LogP contribution < -0.4 is 5.32 Å². The lowest BCUT2D eigenvalue weighted by molar-refractivity contribution is 0.616. The van der Waals surface area contributed by atoms with Crippen LogP contribution in [0.1, 0.15) is 32.4 Å². The normalized spacial score (nSPS) is 12.7. The van der Waals surface area contributed by atoms with Crippen LogP contribution in [0.2, 0.25) is 0 Å². The van der Waals surface area contributed by atoms with Gasteiger partial charge in [0, 0.05) is 36.7 Å². The van der Waals surface area contributed by atoms with Gasteiger partial charge in [0.2, 0.25) is 0 Å². The third-order valence-electron chi connectivity index (χ3n) is 2.72. The van der Waals surface area contributed by atoms with Crippen LogP contribution in [-0.2, 0) is 6.54 Å². The third kappa shape index (κ3) is 3.29. The molecular weight excluding hydrogens is 226 g/mol. The maximum Gasteiger partial charge on any atom is 0.129 e. The van der Waals surface area contributed by atoms with E-state index < -0.39 is 0 Å². The van der Waals surface area contributed by atoms with E-state index in [0.29, 0.717) is 5.92 Å². The van der Waals surface area contributed by atoms with Crippen LogP contribution in [-0.4, -0.2) is 25.6 Å². The van der Waals surface area contributed by atoms with E-state index in [0.717, 1.165) is 18.1 Å². The molecule has 1 N–H and O–H groups in total. The van der Waals surface area contributed by atoms with Gasteiger partial charge >= 0.3 is 0 Å². The molecule has 0 bridgehead atoms. The summed E-state index contributed by atoms with van der Waals surface area (Å²) in [5.74, 6) is 1.29. The van der Waals surface area contributed by atoms with E-state index in [1.54, 1.807) is 12.5 Å². The number of imidazole rings is 1. The average molecular weight is 245 g/mol. The van der Waals surface area contributed by atoms with Crippen LogP contribution in [0.4, 0.5) is 5.82 Å². The minimum atomic E-state index is 0.286. The molecule has 0 fully saturated rings. The van der Waals surface area contributed by atoms with Crippen molar-refractivity contribution in [2.75, 3.05) is 5.32 Å². The fraction of sp³-hybridized carbons (Fsp3) is 0.462. The van der Waals surface area contributed by atoms with Crippen molar-refractivity contribution in [2.24, 2.45) is 0 Å². The summed E-state index contributed by atoms with van der Waals surface area (Å²) in [4.78, 5) is 12.5. The molecule has 0 saturated carbocycles. The monoisotopic (exact) mass is 245 g/mol. The molecule has 5 heteroatoms. The van der Waals surface area contributed by atoms with Crippen molar-refractivity contribution >= 4 is 5.82 Å². The van der Waals surface area contributed by atoms with Crippen molar-refractivity contribution in [2.45, 2.75) is 39.3 Å². The highest BCUT2D eigenvalue weighted by atomic mass is 15.1. The quantitative estimate of drug-likeness (QED) is 0.878. The van der Waals surface area contributed by atoms with E-state index in [4.69, 9.17) is 0 Å². The molecule has 0 amide bonds. The summed E-state index contributed by atoms with van der Waals surface area (Å²) in [6.45, 7) is 7.24. The van der Waals surface area contributed by atoms with Gasteiger partial charge in [-0.2, -0.15) is 0 Å². The van der Waals surface area contributed by atoms with Gasteiger partial charge in [-0.25, -0.2) is 15.0 Å². The zero-order chi connectivity index (χ0) is 13.0. The molecule has 0 spiro atoms. The lowest BCUT2D eigenvalue weighted by Gasteiger charge is -2.15. The maximum atomic E-state index is 4.26. The van der Waals surface area contributed by atoms with Gasteiger partial charge in [-0.3, -0.25) is 0 Å². The van der Waals surface area contributed by atoms with Gasteiger partial charge in [0.1, 0.15) is 12.1 Å². The van der Waals surface area contributed by atoms with Gasteiger partial charge in [0.05, 0.1) is 6.33 Å². The number of nitrogens with one attached hydrogen (secondary N) is 1. The molecule has 2 aromatic rings. The first-order valence-electron chi connectivity index (χ1n) is 6.19. The van der Waals surface area contributed by atoms with Crippen LogP contribution in [0.25, 0.3) is 0 Å². The highest BCUT2D eigenvalue weighted by Gasteiger charge is 2.06. The van der Waals surface area contributed by atoms with E-state index in [2.05, 4.69) is 41.0 Å². The van der Waals surface area contributed by atoms with Gasteiger partial charge < -0.3 is 9.88 Å². The molecule has 0 aromatic carbocycles. The first-order chi connectivity index (χ1) is 8.65. The van der Waals surface area contributed by atoms with E-state index in [-0.39, 0.29) is 6.04 Å². The van der Waals surface area contributed by atoms with Crippen molar-refractivity contribution < 1.29 is 0 Å². The van der Waals surface area contributed by atoms with Crippen LogP contribution in [0.3, 0.4) is 0 Å². The molecule has 0 radical (unpaired) electrons. The Bertz CT molecular complexity index is 478. The number of hydrogen-bond acceptors (Lipinski definition) is 4. The number of rotatable bonds is 5. The summed E-state index contributed by atoms with van der Waals surface area (Å²) < 4.78 is 2.04. The van der Waals surface area contributed by atoms with Gasteiger partial charge in [0.15, 0.2) is 0 Å². The van der Waals surface area contributed by atoms with E-state index in [1.165, 1.54) is 0 Å². The highest BCUT2D eigenvalue weighted by Crippen LogP contribution is 2.14. The summed E-state index contributed by atoms with van der Waals surface area (Å²) in [5.41, 5.74) is 1.06. The molecule has 2 aromatic heterocycles. The zero-order valence-corrected chi connectivity index (χ0v) is 11.0. The third-order valence-corrected chi connectivity index (χ3v) is 2.72. The summed E-state index contributed by atoms with van der Waals surface area (Å²) in [6, 6.07) is 2.30. The lowest BCUT2D eigenvalue weighted by atomic mass is 10.1. The molecule has 0 aliphatic rings. The maximum absolute atomic E-state index is 4.26. The second-order valence-corrected chi connectivity index (χ2v) is 4.79. The van der Waals surface area contributed by atoms with Crippen LogP contribution in [0.15, 0.2) is 31.1 Å². The molecule has 2 heterocycles. The predicted molar refractivity (Wildman–Crippen MR) is 71.4 cm³/mol. The van der Waals surface area contributed by atoms with Crippen molar-refractivity contribution in [3.63, 3.8) is 0 Å². The Morgan fingerprint density at radius 1 is 1.28 bits per heavy atom. The van der Waals surface area contributed by atoms with E-state index >= 15 is 0 Å². The Morgan fingerprint density at radius 2 is 2.11 bits per heavy atom. The van der Waals surface area contributed by atoms with Crippen LogP contribution in [0.5, 0.6) is 0 Å². The fourth-order valence-corrected chi connectivity index (χ4v) is 1.78. The Kier molecular flexibility index (Phi) is 3.92. The van der Waals surface area contributed by atoms with Gasteiger partial charge in [-0.05, 0) is 12.8 Å². The summed E-state index contributed by atoms with van der Waals surface area (Å²) in [6.07, 6.45) is 7.17. The minimum absolute atomic E-state index is 0.286. The molecule has 18 heavy (non-hydrogen) atoms. The zero-order valence-electron chi connectivity index (χ0n) is 11.0. The lowest BCUT2D eigenvalue weighted by Crippen LogP contribution is -2.22. The number of aromatic nitrogens is 4. The summed E-state index contributed by atoms with van der Waals surface area (Å²) in [5, 5.41) is 3.38. The standard InChI is InChI=1S/C13H19N5/c1-10(2)12-6-13(16-8-15-12)17-11(3)7-18-5-4-14-9-18/h4-6,8-11H,7H2,1-3H3,(H,15,16,17). The SMILES string of the molecule is CC(Cn1ccnc1)Nc1cc(C(C)C)ncn1. The molecule has 0 saturated heterocycles. The fourth-order valence-electron chi connectivity index (χ4n) is 1.78. The Hall–Kier alpha value is -1.91. The summed E-state index contributed by atoms with van der Waals surface area (Å²) >= 11 is 0. The molecule has 0 aliphatic carbocycles. The molecule has 2 rings (SSSR count). The number of nitrogens with zero attached hydrogens (tertiary/aromatic N) is 4. The van der Waals surface area contributed by atoms with Crippen molar-refractivity contribution in [3.05, 3.63) is 36.8 Å². The Morgan fingerprint density at radius 3 is 2.78 bits per heavy atom. The molecule has 0 aliphatic heterocycles. The Balaban J connectivity index is 1.98. The Labute approximate surface area is 107 Å². The smallest absolute Gasteiger partial charge is 0.129 e. The highest BCUT2D eigenvalue weighted by molar-refractivity contribution is 5.36. The molecule has 1 unspecified atom stereocenters. The van der Waals surface area contributed by atoms with E-state index in [9.17, 15) is 0 Å². The second kappa shape index (κ2) is 5.62. The summed E-state index contributed by atoms with van der Waals surface area (Å²) in [7, 11) is 0. The van der Waals surface area contributed by atoms with Crippen LogP contribution in [0, 0.1) is 0 Å². The molecule has 5 nitrogen and oxygen atoms in total. The molecular formula is C13H19N5. The van der Waals surface area contributed by atoms with Crippen molar-refractivity contribution in [1.82, 2.24) is 19.5 Å². The van der Waals surface area contributed by atoms with Gasteiger partial charge in [-0.1, -0.05) is 13.8 Å². The first-order valence-corrected chi connectivity index (χ1v) is 6.19.